The summed E-state index contributed by atoms with van der Waals surface area (Å²) in [7, 11) is 1.44. The van der Waals surface area contributed by atoms with E-state index in [9.17, 15) is 26.3 Å². The van der Waals surface area contributed by atoms with Gasteiger partial charge < -0.3 is 4.74 Å². The van der Waals surface area contributed by atoms with E-state index in [1.54, 1.807) is 12.1 Å². The van der Waals surface area contributed by atoms with E-state index in [2.05, 4.69) is 5.10 Å². The standard InChI is InChI=1S/C18H12F6N2O/c1-27-14-8-6-13(7-9-14)26-15(10-16(25-26)18(22,23)24)11-2-4-12(5-3-11)17(19,20)21/h2-10H,1H3. The first-order chi connectivity index (χ1) is 12.6. The third-order valence-electron chi connectivity index (χ3n) is 3.82. The Morgan fingerprint density at radius 1 is 0.815 bits per heavy atom. The van der Waals surface area contributed by atoms with Crippen LogP contribution in [0.1, 0.15) is 11.3 Å². The molecule has 0 unspecified atom stereocenters. The average Bonchev–Trinajstić information content (AvgIpc) is 3.07. The Hall–Kier alpha value is -2.97. The van der Waals surface area contributed by atoms with Crippen molar-refractivity contribution in [2.45, 2.75) is 12.4 Å². The van der Waals surface area contributed by atoms with Gasteiger partial charge in [0.1, 0.15) is 5.75 Å². The molecule has 3 nitrogen and oxygen atoms in total. The molecule has 0 N–H and O–H groups in total. The zero-order chi connectivity index (χ0) is 19.8. The van der Waals surface area contributed by atoms with Crippen molar-refractivity contribution in [2.24, 2.45) is 0 Å². The summed E-state index contributed by atoms with van der Waals surface area (Å²) in [5.74, 6) is 0.498. The Balaban J connectivity index is 2.11. The van der Waals surface area contributed by atoms with Crippen molar-refractivity contribution in [1.82, 2.24) is 9.78 Å². The minimum absolute atomic E-state index is 0.0150. The Labute approximate surface area is 149 Å². The molecule has 9 heteroatoms. The molecule has 1 aromatic heterocycles. The van der Waals surface area contributed by atoms with Crippen molar-refractivity contribution in [3.05, 3.63) is 65.9 Å². The number of methoxy groups -OCH3 is 1. The smallest absolute Gasteiger partial charge is 0.435 e. The summed E-state index contributed by atoms with van der Waals surface area (Å²) in [6, 6.07) is 10.7. The fraction of sp³-hybridized carbons (Fsp3) is 0.167. The van der Waals surface area contributed by atoms with Crippen LogP contribution in [-0.2, 0) is 12.4 Å². The molecule has 3 aromatic rings. The molecule has 0 spiro atoms. The van der Waals surface area contributed by atoms with E-state index in [4.69, 9.17) is 4.74 Å². The van der Waals surface area contributed by atoms with Crippen LogP contribution < -0.4 is 4.74 Å². The molecule has 0 aliphatic carbocycles. The molecule has 2 aromatic carbocycles. The molecule has 0 bridgehead atoms. The second-order valence-corrected chi connectivity index (χ2v) is 5.60. The lowest BCUT2D eigenvalue weighted by atomic mass is 10.1. The van der Waals surface area contributed by atoms with Crippen LogP contribution in [0.2, 0.25) is 0 Å². The molecule has 27 heavy (non-hydrogen) atoms. The molecule has 142 valence electrons. The van der Waals surface area contributed by atoms with Crippen molar-refractivity contribution in [3.8, 4) is 22.7 Å². The van der Waals surface area contributed by atoms with E-state index in [1.165, 1.54) is 19.2 Å². The Morgan fingerprint density at radius 3 is 1.89 bits per heavy atom. The maximum absolute atomic E-state index is 13.1. The van der Waals surface area contributed by atoms with Crippen LogP contribution in [0.25, 0.3) is 16.9 Å². The molecule has 0 saturated heterocycles. The zero-order valence-corrected chi connectivity index (χ0v) is 13.8. The van der Waals surface area contributed by atoms with Gasteiger partial charge in [0.2, 0.25) is 0 Å². The van der Waals surface area contributed by atoms with Crippen molar-refractivity contribution in [1.29, 1.82) is 0 Å². The quantitative estimate of drug-likeness (QED) is 0.549. The predicted octanol–water partition coefficient (Wildman–Crippen LogP) is 5.59. The van der Waals surface area contributed by atoms with Gasteiger partial charge in [-0.15, -0.1) is 0 Å². The summed E-state index contributed by atoms with van der Waals surface area (Å²) < 4.78 is 83.5. The number of alkyl halides is 6. The van der Waals surface area contributed by atoms with Gasteiger partial charge in [0.05, 0.1) is 24.1 Å². The lowest BCUT2D eigenvalue weighted by Crippen LogP contribution is -2.07. The predicted molar refractivity (Wildman–Crippen MR) is 85.6 cm³/mol. The number of aromatic nitrogens is 2. The van der Waals surface area contributed by atoms with E-state index in [-0.39, 0.29) is 11.3 Å². The van der Waals surface area contributed by atoms with Crippen molar-refractivity contribution in [2.75, 3.05) is 7.11 Å². The number of halogens is 6. The third-order valence-corrected chi connectivity index (χ3v) is 3.82. The second kappa shape index (κ2) is 6.64. The topological polar surface area (TPSA) is 27.1 Å². The number of nitrogens with zero attached hydrogens (tertiary/aromatic N) is 2. The average molecular weight is 386 g/mol. The molecule has 0 atom stereocenters. The van der Waals surface area contributed by atoms with Crippen LogP contribution in [-0.4, -0.2) is 16.9 Å². The van der Waals surface area contributed by atoms with Crippen molar-refractivity contribution in [3.63, 3.8) is 0 Å². The van der Waals surface area contributed by atoms with Crippen LogP contribution in [0.5, 0.6) is 5.75 Å². The number of ether oxygens (including phenoxy) is 1. The first kappa shape index (κ1) is 18.8. The van der Waals surface area contributed by atoms with E-state index >= 15 is 0 Å². The van der Waals surface area contributed by atoms with Crippen LogP contribution >= 0.6 is 0 Å². The highest BCUT2D eigenvalue weighted by Crippen LogP contribution is 2.35. The maximum Gasteiger partial charge on any atom is 0.435 e. The van der Waals surface area contributed by atoms with Gasteiger partial charge in [-0.1, -0.05) is 12.1 Å². The molecule has 3 rings (SSSR count). The van der Waals surface area contributed by atoms with E-state index < -0.39 is 23.6 Å². The highest BCUT2D eigenvalue weighted by Gasteiger charge is 2.35. The minimum atomic E-state index is -4.70. The van der Waals surface area contributed by atoms with Gasteiger partial charge in [-0.05, 0) is 42.5 Å². The lowest BCUT2D eigenvalue weighted by molar-refractivity contribution is -0.141. The molecule has 0 fully saturated rings. The fourth-order valence-corrected chi connectivity index (χ4v) is 2.48. The van der Waals surface area contributed by atoms with E-state index in [0.717, 1.165) is 35.0 Å². The molecule has 0 aliphatic rings. The number of hydrogen-bond acceptors (Lipinski definition) is 2. The van der Waals surface area contributed by atoms with Gasteiger partial charge in [-0.2, -0.15) is 31.4 Å². The van der Waals surface area contributed by atoms with Crippen molar-refractivity contribution < 1.29 is 31.1 Å². The van der Waals surface area contributed by atoms with Crippen molar-refractivity contribution >= 4 is 0 Å². The first-order valence-electron chi connectivity index (χ1n) is 7.59. The summed E-state index contributed by atoms with van der Waals surface area (Å²) in [5.41, 5.74) is -1.55. The SMILES string of the molecule is COc1ccc(-n2nc(C(F)(F)F)cc2-c2ccc(C(F)(F)F)cc2)cc1. The summed E-state index contributed by atoms with van der Waals surface area (Å²) in [6.07, 6.45) is -9.23. The zero-order valence-electron chi connectivity index (χ0n) is 13.8. The van der Waals surface area contributed by atoms with Crippen LogP contribution in [0.15, 0.2) is 54.6 Å². The number of benzene rings is 2. The van der Waals surface area contributed by atoms with E-state index in [0.29, 0.717) is 11.4 Å². The summed E-state index contributed by atoms with van der Waals surface area (Å²) in [5, 5.41) is 3.58. The fourth-order valence-electron chi connectivity index (χ4n) is 2.48. The second-order valence-electron chi connectivity index (χ2n) is 5.60. The van der Waals surface area contributed by atoms with Gasteiger partial charge >= 0.3 is 12.4 Å². The molecule has 0 amide bonds. The Bertz CT molecular complexity index is 924. The molecular formula is C18H12F6N2O. The third kappa shape index (κ3) is 3.91. The highest BCUT2D eigenvalue weighted by atomic mass is 19.4. The summed E-state index contributed by atoms with van der Waals surface area (Å²) in [6.45, 7) is 0. The largest absolute Gasteiger partial charge is 0.497 e. The number of rotatable bonds is 3. The van der Waals surface area contributed by atoms with Gasteiger partial charge in [-0.3, -0.25) is 0 Å². The lowest BCUT2D eigenvalue weighted by Gasteiger charge is -2.10. The van der Waals surface area contributed by atoms with Crippen LogP contribution in [0.3, 0.4) is 0 Å². The molecule has 0 saturated carbocycles. The van der Waals surface area contributed by atoms with Crippen LogP contribution in [0.4, 0.5) is 26.3 Å². The molecule has 1 heterocycles. The van der Waals surface area contributed by atoms with Gasteiger partial charge in [0, 0.05) is 5.56 Å². The monoisotopic (exact) mass is 386 g/mol. The van der Waals surface area contributed by atoms with Gasteiger partial charge in [0.15, 0.2) is 5.69 Å². The van der Waals surface area contributed by atoms with Crippen LogP contribution in [0, 0.1) is 0 Å². The summed E-state index contributed by atoms with van der Waals surface area (Å²) in [4.78, 5) is 0. The summed E-state index contributed by atoms with van der Waals surface area (Å²) >= 11 is 0. The number of hydrogen-bond donors (Lipinski definition) is 0. The van der Waals surface area contributed by atoms with E-state index in [1.807, 2.05) is 0 Å². The molecule has 0 aliphatic heterocycles. The Kier molecular flexibility index (Phi) is 4.63. The van der Waals surface area contributed by atoms with Gasteiger partial charge in [0.25, 0.3) is 0 Å². The maximum atomic E-state index is 13.1. The highest BCUT2D eigenvalue weighted by molar-refractivity contribution is 5.63. The van der Waals surface area contributed by atoms with Gasteiger partial charge in [-0.25, -0.2) is 4.68 Å². The molecule has 0 radical (unpaired) electrons. The minimum Gasteiger partial charge on any atom is -0.497 e. The first-order valence-corrected chi connectivity index (χ1v) is 7.59. The normalized spacial score (nSPS) is 12.3. The Morgan fingerprint density at radius 2 is 1.41 bits per heavy atom. The molecular weight excluding hydrogens is 374 g/mol.